The summed E-state index contributed by atoms with van der Waals surface area (Å²) >= 11 is 1.61. The van der Waals surface area contributed by atoms with Crippen molar-refractivity contribution in [2.24, 2.45) is 0 Å². The van der Waals surface area contributed by atoms with Crippen molar-refractivity contribution < 1.29 is 8.42 Å². The lowest BCUT2D eigenvalue weighted by atomic mass is 10.1. The zero-order valence-corrected chi connectivity index (χ0v) is 14.3. The van der Waals surface area contributed by atoms with Gasteiger partial charge in [0.2, 0.25) is 10.0 Å². The summed E-state index contributed by atoms with van der Waals surface area (Å²) in [5.74, 6) is 0. The second kappa shape index (κ2) is 5.79. The Labute approximate surface area is 130 Å². The van der Waals surface area contributed by atoms with Crippen molar-refractivity contribution in [3.8, 4) is 0 Å². The topological polar surface area (TPSA) is 72.2 Å². The summed E-state index contributed by atoms with van der Waals surface area (Å²) in [6.45, 7) is 7.89. The minimum atomic E-state index is -3.54. The third kappa shape index (κ3) is 3.45. The summed E-state index contributed by atoms with van der Waals surface area (Å²) in [7, 11) is -3.54. The number of nitrogen functional groups attached to an aromatic ring is 1. The molecule has 0 aliphatic heterocycles. The Balaban J connectivity index is 2.27. The number of nitrogens with two attached hydrogens (primary N) is 1. The highest BCUT2D eigenvalue weighted by Crippen LogP contribution is 2.24. The summed E-state index contributed by atoms with van der Waals surface area (Å²) in [4.78, 5) is 2.55. The highest BCUT2D eigenvalue weighted by Gasteiger charge is 2.20. The molecule has 0 spiro atoms. The molecule has 0 radical (unpaired) electrons. The lowest BCUT2D eigenvalue weighted by Crippen LogP contribution is -2.24. The second-order valence-electron chi connectivity index (χ2n) is 5.26. The van der Waals surface area contributed by atoms with Crippen molar-refractivity contribution in [2.45, 2.75) is 39.1 Å². The number of hydrogen-bond donors (Lipinski definition) is 2. The first-order valence-corrected chi connectivity index (χ1v) is 8.93. The summed E-state index contributed by atoms with van der Waals surface area (Å²) < 4.78 is 27.7. The summed E-state index contributed by atoms with van der Waals surface area (Å²) in [6, 6.07) is 5.38. The number of benzene rings is 1. The zero-order valence-electron chi connectivity index (χ0n) is 12.6. The van der Waals surface area contributed by atoms with E-state index >= 15 is 0 Å². The number of rotatable bonds is 4. The lowest BCUT2D eigenvalue weighted by molar-refractivity contribution is 0.580. The van der Waals surface area contributed by atoms with Gasteiger partial charge in [-0.05, 0) is 62.6 Å². The molecular formula is C15H20N2O2S2. The molecule has 2 rings (SSSR count). The van der Waals surface area contributed by atoms with E-state index in [0.29, 0.717) is 28.3 Å². The van der Waals surface area contributed by atoms with Crippen LogP contribution in [0.4, 0.5) is 5.69 Å². The lowest BCUT2D eigenvalue weighted by Gasteiger charge is -2.12. The van der Waals surface area contributed by atoms with Crippen LogP contribution in [0.5, 0.6) is 0 Å². The van der Waals surface area contributed by atoms with Gasteiger partial charge in [0.15, 0.2) is 0 Å². The maximum atomic E-state index is 12.5. The molecule has 0 saturated carbocycles. The number of anilines is 1. The molecule has 4 nitrogen and oxygen atoms in total. The van der Waals surface area contributed by atoms with Crippen LogP contribution in [0.2, 0.25) is 0 Å². The van der Waals surface area contributed by atoms with Crippen molar-refractivity contribution in [3.05, 3.63) is 44.6 Å². The number of nitrogens with one attached hydrogen (secondary N) is 1. The molecule has 1 heterocycles. The Morgan fingerprint density at radius 2 is 1.62 bits per heavy atom. The van der Waals surface area contributed by atoms with Crippen molar-refractivity contribution in [1.29, 1.82) is 0 Å². The van der Waals surface area contributed by atoms with Crippen LogP contribution in [0.15, 0.2) is 23.1 Å². The smallest absolute Gasteiger partial charge is 0.241 e. The van der Waals surface area contributed by atoms with Gasteiger partial charge in [-0.3, -0.25) is 0 Å². The molecular weight excluding hydrogens is 304 g/mol. The molecule has 1 aromatic carbocycles. The van der Waals surface area contributed by atoms with E-state index in [-0.39, 0.29) is 0 Å². The van der Waals surface area contributed by atoms with E-state index < -0.39 is 10.0 Å². The van der Waals surface area contributed by atoms with E-state index in [1.165, 1.54) is 10.4 Å². The Hall–Kier alpha value is -1.37. The molecule has 3 N–H and O–H groups in total. The van der Waals surface area contributed by atoms with Crippen LogP contribution >= 0.6 is 11.3 Å². The van der Waals surface area contributed by atoms with Crippen LogP contribution in [0.25, 0.3) is 0 Å². The van der Waals surface area contributed by atoms with Crippen LogP contribution in [0.3, 0.4) is 0 Å². The minimum absolute atomic E-state index is 0.310. The van der Waals surface area contributed by atoms with Gasteiger partial charge in [-0.25, -0.2) is 13.1 Å². The quantitative estimate of drug-likeness (QED) is 0.849. The van der Waals surface area contributed by atoms with Crippen molar-refractivity contribution in [3.63, 3.8) is 0 Å². The fourth-order valence-electron chi connectivity index (χ4n) is 2.38. The van der Waals surface area contributed by atoms with Crippen molar-refractivity contribution in [1.82, 2.24) is 4.72 Å². The molecule has 0 saturated heterocycles. The summed E-state index contributed by atoms with van der Waals surface area (Å²) in [5.41, 5.74) is 8.84. The largest absolute Gasteiger partial charge is 0.399 e. The highest BCUT2D eigenvalue weighted by atomic mass is 32.2. The van der Waals surface area contributed by atoms with Gasteiger partial charge in [0, 0.05) is 22.0 Å². The van der Waals surface area contributed by atoms with Gasteiger partial charge >= 0.3 is 0 Å². The first kappa shape index (κ1) is 16.0. The molecule has 2 aromatic rings. The number of sulfonamides is 1. The molecule has 114 valence electrons. The fourth-order valence-corrected chi connectivity index (χ4v) is 4.92. The Morgan fingerprint density at radius 3 is 2.10 bits per heavy atom. The second-order valence-corrected chi connectivity index (χ2v) is 8.30. The van der Waals surface area contributed by atoms with E-state index in [0.717, 1.165) is 4.88 Å². The summed E-state index contributed by atoms with van der Waals surface area (Å²) in [5, 5.41) is 0. The van der Waals surface area contributed by atoms with Gasteiger partial charge in [-0.2, -0.15) is 0 Å². The van der Waals surface area contributed by atoms with Crippen LogP contribution < -0.4 is 10.5 Å². The first-order chi connectivity index (χ1) is 9.70. The molecule has 0 bridgehead atoms. The van der Waals surface area contributed by atoms with Gasteiger partial charge in [0.05, 0.1) is 4.90 Å². The normalized spacial score (nSPS) is 11.8. The number of hydrogen-bond acceptors (Lipinski definition) is 4. The predicted octanol–water partition coefficient (Wildman–Crippen LogP) is 3.04. The molecule has 0 aliphatic rings. The standard InChI is InChI=1S/C15H20N2O2S2/c1-9-7-14(20-12(9)4)8-17-21(18,19)15-10(2)5-13(16)6-11(15)3/h5-7,17H,8,16H2,1-4H3. The van der Waals surface area contributed by atoms with E-state index in [9.17, 15) is 8.42 Å². The SMILES string of the molecule is Cc1cc(CNS(=O)(=O)c2c(C)cc(N)cc2C)sc1C. The minimum Gasteiger partial charge on any atom is -0.399 e. The van der Waals surface area contributed by atoms with Gasteiger partial charge in [-0.15, -0.1) is 11.3 Å². The van der Waals surface area contributed by atoms with Gasteiger partial charge in [-0.1, -0.05) is 0 Å². The maximum absolute atomic E-state index is 12.5. The third-order valence-corrected chi connectivity index (χ3v) is 6.26. The molecule has 6 heteroatoms. The van der Waals surface area contributed by atoms with Gasteiger partial charge < -0.3 is 5.73 Å². The highest BCUT2D eigenvalue weighted by molar-refractivity contribution is 7.89. The molecule has 0 amide bonds. The van der Waals surface area contributed by atoms with Crippen molar-refractivity contribution >= 4 is 27.0 Å². The average Bonchev–Trinajstić information content (AvgIpc) is 2.65. The van der Waals surface area contributed by atoms with Gasteiger partial charge in [0.25, 0.3) is 0 Å². The average molecular weight is 324 g/mol. The van der Waals surface area contributed by atoms with Crippen molar-refractivity contribution in [2.75, 3.05) is 5.73 Å². The van der Waals surface area contributed by atoms with E-state index in [1.807, 2.05) is 19.9 Å². The summed E-state index contributed by atoms with van der Waals surface area (Å²) in [6.07, 6.45) is 0. The number of thiophene rings is 1. The van der Waals surface area contributed by atoms with Crippen LogP contribution in [0, 0.1) is 27.7 Å². The maximum Gasteiger partial charge on any atom is 0.241 e. The predicted molar refractivity (Wildman–Crippen MR) is 88.1 cm³/mol. The van der Waals surface area contributed by atoms with E-state index in [4.69, 9.17) is 5.73 Å². The Morgan fingerprint density at radius 1 is 1.05 bits per heavy atom. The number of aryl methyl sites for hydroxylation is 4. The van der Waals surface area contributed by atoms with Gasteiger partial charge in [0.1, 0.15) is 0 Å². The van der Waals surface area contributed by atoms with Crippen LogP contribution in [-0.2, 0) is 16.6 Å². The molecule has 0 atom stereocenters. The fraction of sp³-hybridized carbons (Fsp3) is 0.333. The van der Waals surface area contributed by atoms with Crippen LogP contribution in [0.1, 0.15) is 26.4 Å². The van der Waals surface area contributed by atoms with E-state index in [1.54, 1.807) is 37.3 Å². The monoisotopic (exact) mass is 324 g/mol. The Bertz CT molecular complexity index is 734. The molecule has 21 heavy (non-hydrogen) atoms. The zero-order chi connectivity index (χ0) is 15.8. The molecule has 0 unspecified atom stereocenters. The van der Waals surface area contributed by atoms with Crippen LogP contribution in [-0.4, -0.2) is 8.42 Å². The molecule has 0 fully saturated rings. The third-order valence-electron chi connectivity index (χ3n) is 3.40. The Kier molecular flexibility index (Phi) is 4.41. The van der Waals surface area contributed by atoms with E-state index in [2.05, 4.69) is 4.72 Å². The molecule has 0 aliphatic carbocycles. The molecule has 1 aromatic heterocycles. The first-order valence-electron chi connectivity index (χ1n) is 6.63.